The van der Waals surface area contributed by atoms with Crippen LogP contribution < -0.4 is 5.32 Å². The van der Waals surface area contributed by atoms with Crippen molar-refractivity contribution in [1.82, 2.24) is 0 Å². The lowest BCUT2D eigenvalue weighted by atomic mass is 10.1. The van der Waals surface area contributed by atoms with Crippen LogP contribution in [0.5, 0.6) is 0 Å². The zero-order chi connectivity index (χ0) is 16.3. The lowest BCUT2D eigenvalue weighted by Gasteiger charge is -2.11. The molecule has 22 heavy (non-hydrogen) atoms. The van der Waals surface area contributed by atoms with Crippen molar-refractivity contribution in [2.45, 2.75) is 12.7 Å². The zero-order valence-corrected chi connectivity index (χ0v) is 13.7. The summed E-state index contributed by atoms with van der Waals surface area (Å²) in [7, 11) is -0.962. The Kier molecular flexibility index (Phi) is 5.10. The van der Waals surface area contributed by atoms with Crippen molar-refractivity contribution >= 4 is 39.7 Å². The number of aromatic carboxylic acids is 1. The number of hydrogen-bond acceptors (Lipinski definition) is 4. The highest BCUT2D eigenvalue weighted by molar-refractivity contribution is 7.83. The minimum absolute atomic E-state index is 0.122. The van der Waals surface area contributed by atoms with Gasteiger partial charge < -0.3 is 10.4 Å². The maximum Gasteiger partial charge on any atom is 0.345 e. The number of rotatable bonds is 5. The molecule has 5 nitrogen and oxygen atoms in total. The highest BCUT2D eigenvalue weighted by Gasteiger charge is 2.14. The number of thiophene rings is 1. The summed E-state index contributed by atoms with van der Waals surface area (Å²) in [5.74, 6) is -0.972. The lowest BCUT2D eigenvalue weighted by molar-refractivity contribution is 0.0702. The molecule has 0 bridgehead atoms. The minimum Gasteiger partial charge on any atom is -0.477 e. The van der Waals surface area contributed by atoms with Gasteiger partial charge in [0, 0.05) is 28.5 Å². The third-order valence-electron chi connectivity index (χ3n) is 3.09. The average molecular weight is 337 g/mol. The third-order valence-corrected chi connectivity index (χ3v) is 4.88. The molecule has 116 valence electrons. The maximum absolute atomic E-state index is 12.2. The first kappa shape index (κ1) is 16.4. The monoisotopic (exact) mass is 337 g/mol. The van der Waals surface area contributed by atoms with Gasteiger partial charge in [-0.2, -0.15) is 0 Å². The fraction of sp³-hybridized carbons (Fsp3) is 0.200. The molecule has 0 spiro atoms. The van der Waals surface area contributed by atoms with Crippen LogP contribution in [0.3, 0.4) is 0 Å². The number of nitrogens with one attached hydrogen (secondary N) is 1. The van der Waals surface area contributed by atoms with Crippen LogP contribution in [0.2, 0.25) is 0 Å². The van der Waals surface area contributed by atoms with E-state index < -0.39 is 16.8 Å². The molecule has 1 atom stereocenters. The lowest BCUT2D eigenvalue weighted by Crippen LogP contribution is -2.12. The second-order valence-corrected chi connectivity index (χ2v) is 7.25. The topological polar surface area (TPSA) is 83.5 Å². The van der Waals surface area contributed by atoms with Gasteiger partial charge in [0.25, 0.3) is 5.91 Å². The van der Waals surface area contributed by atoms with Gasteiger partial charge in [-0.15, -0.1) is 11.3 Å². The Hall–Kier alpha value is -1.99. The van der Waals surface area contributed by atoms with E-state index in [2.05, 4.69) is 5.32 Å². The van der Waals surface area contributed by atoms with Gasteiger partial charge in [-0.05, 0) is 36.2 Å². The third kappa shape index (κ3) is 3.80. The summed E-state index contributed by atoms with van der Waals surface area (Å²) in [6, 6.07) is 8.33. The standard InChI is InChI=1S/C15H15NO4S2/c1-9-10(8-22(2)20)4-3-5-11(9)16-14(17)12-6-7-13(21-12)15(18)19/h3-7H,8H2,1-2H3,(H,16,17)(H,18,19). The van der Waals surface area contributed by atoms with Gasteiger partial charge in [-0.3, -0.25) is 9.00 Å². The summed E-state index contributed by atoms with van der Waals surface area (Å²) in [4.78, 5) is 23.5. The first-order chi connectivity index (χ1) is 10.4. The van der Waals surface area contributed by atoms with Crippen LogP contribution in [-0.2, 0) is 16.6 Å². The van der Waals surface area contributed by atoms with Gasteiger partial charge in [0.1, 0.15) is 4.88 Å². The smallest absolute Gasteiger partial charge is 0.345 e. The number of hydrogen-bond donors (Lipinski definition) is 2. The minimum atomic E-state index is -1.05. The normalized spacial score (nSPS) is 11.9. The van der Waals surface area contributed by atoms with Crippen molar-refractivity contribution in [3.05, 3.63) is 51.2 Å². The number of amides is 1. The highest BCUT2D eigenvalue weighted by atomic mass is 32.2. The van der Waals surface area contributed by atoms with E-state index in [1.807, 2.05) is 13.0 Å². The zero-order valence-electron chi connectivity index (χ0n) is 12.1. The van der Waals surface area contributed by atoms with E-state index in [1.165, 1.54) is 12.1 Å². The molecule has 1 aromatic carbocycles. The van der Waals surface area contributed by atoms with E-state index in [4.69, 9.17) is 5.11 Å². The van der Waals surface area contributed by atoms with Gasteiger partial charge in [-0.25, -0.2) is 4.79 Å². The van der Waals surface area contributed by atoms with Crippen molar-refractivity contribution in [3.63, 3.8) is 0 Å². The molecule has 0 saturated heterocycles. The molecule has 2 aromatic rings. The Balaban J connectivity index is 2.20. The molecular formula is C15H15NO4S2. The van der Waals surface area contributed by atoms with E-state index in [-0.39, 0.29) is 10.8 Å². The van der Waals surface area contributed by atoms with Crippen LogP contribution in [0.15, 0.2) is 30.3 Å². The van der Waals surface area contributed by atoms with E-state index in [1.54, 1.807) is 18.4 Å². The Labute approximate surface area is 134 Å². The number of carbonyl (C=O) groups is 2. The molecule has 1 amide bonds. The molecule has 2 rings (SSSR count). The van der Waals surface area contributed by atoms with Crippen molar-refractivity contribution in [2.24, 2.45) is 0 Å². The van der Waals surface area contributed by atoms with Crippen molar-refractivity contribution in [3.8, 4) is 0 Å². The molecule has 1 aromatic heterocycles. The van der Waals surface area contributed by atoms with Crippen LogP contribution in [0.4, 0.5) is 5.69 Å². The summed E-state index contributed by atoms with van der Waals surface area (Å²) >= 11 is 0.929. The van der Waals surface area contributed by atoms with Crippen LogP contribution in [0.1, 0.15) is 30.5 Å². The van der Waals surface area contributed by atoms with Crippen LogP contribution in [0.25, 0.3) is 0 Å². The summed E-state index contributed by atoms with van der Waals surface area (Å²) in [6.07, 6.45) is 1.63. The molecule has 0 aliphatic carbocycles. The maximum atomic E-state index is 12.2. The van der Waals surface area contributed by atoms with E-state index in [9.17, 15) is 13.8 Å². The van der Waals surface area contributed by atoms with Crippen molar-refractivity contribution in [2.75, 3.05) is 11.6 Å². The number of carbonyl (C=O) groups excluding carboxylic acids is 1. The molecule has 0 saturated carbocycles. The molecule has 2 N–H and O–H groups in total. The van der Waals surface area contributed by atoms with Crippen LogP contribution in [0, 0.1) is 6.92 Å². The second kappa shape index (κ2) is 6.85. The summed E-state index contributed by atoms with van der Waals surface area (Å²) in [5.41, 5.74) is 2.41. The predicted octanol–water partition coefficient (Wildman–Crippen LogP) is 2.89. The number of carboxylic acid groups (broad SMARTS) is 1. The Bertz CT molecular complexity index is 752. The van der Waals surface area contributed by atoms with E-state index >= 15 is 0 Å². The Morgan fingerprint density at radius 2 is 1.91 bits per heavy atom. The van der Waals surface area contributed by atoms with E-state index in [0.717, 1.165) is 22.5 Å². The molecule has 1 unspecified atom stereocenters. The first-order valence-corrected chi connectivity index (χ1v) is 8.96. The summed E-state index contributed by atoms with van der Waals surface area (Å²) in [5, 5.41) is 11.7. The molecule has 0 fully saturated rings. The largest absolute Gasteiger partial charge is 0.477 e. The highest BCUT2D eigenvalue weighted by Crippen LogP contribution is 2.23. The van der Waals surface area contributed by atoms with Gasteiger partial charge in [0.05, 0.1) is 4.88 Å². The molecule has 1 heterocycles. The Morgan fingerprint density at radius 1 is 1.23 bits per heavy atom. The molecule has 0 aliphatic heterocycles. The number of carboxylic acids is 1. The van der Waals surface area contributed by atoms with Gasteiger partial charge >= 0.3 is 5.97 Å². The fourth-order valence-corrected chi connectivity index (χ4v) is 3.44. The van der Waals surface area contributed by atoms with Gasteiger partial charge in [0.2, 0.25) is 0 Å². The van der Waals surface area contributed by atoms with E-state index in [0.29, 0.717) is 16.3 Å². The van der Waals surface area contributed by atoms with Gasteiger partial charge in [0.15, 0.2) is 0 Å². The predicted molar refractivity (Wildman–Crippen MR) is 88.2 cm³/mol. The van der Waals surface area contributed by atoms with Crippen LogP contribution in [-0.4, -0.2) is 27.4 Å². The van der Waals surface area contributed by atoms with Gasteiger partial charge in [-0.1, -0.05) is 12.1 Å². The first-order valence-electron chi connectivity index (χ1n) is 6.41. The molecule has 0 aliphatic rings. The summed E-state index contributed by atoms with van der Waals surface area (Å²) in [6.45, 7) is 1.86. The SMILES string of the molecule is Cc1c(CS(C)=O)cccc1NC(=O)c1ccc(C(=O)O)s1. The number of anilines is 1. The molecular weight excluding hydrogens is 322 g/mol. The van der Waals surface area contributed by atoms with Crippen molar-refractivity contribution in [1.29, 1.82) is 0 Å². The quantitative estimate of drug-likeness (QED) is 0.879. The molecule has 0 radical (unpaired) electrons. The van der Waals surface area contributed by atoms with Crippen LogP contribution >= 0.6 is 11.3 Å². The Morgan fingerprint density at radius 3 is 2.50 bits per heavy atom. The van der Waals surface area contributed by atoms with Crippen molar-refractivity contribution < 1.29 is 18.9 Å². The summed E-state index contributed by atoms with van der Waals surface area (Å²) < 4.78 is 11.4. The molecule has 7 heteroatoms. The fourth-order valence-electron chi connectivity index (χ4n) is 1.95. The number of benzene rings is 1. The second-order valence-electron chi connectivity index (χ2n) is 4.73. The average Bonchev–Trinajstić information content (AvgIpc) is 2.92.